The highest BCUT2D eigenvalue weighted by Crippen LogP contribution is 2.50. The minimum atomic E-state index is 0.0634. The smallest absolute Gasteiger partial charge is 0.119 e. The third-order valence-corrected chi connectivity index (χ3v) is 3.27. The number of nitrogens with two attached hydrogens (primary N) is 1. The van der Waals surface area contributed by atoms with Gasteiger partial charge in [0.15, 0.2) is 0 Å². The molecule has 1 aromatic carbocycles. The molecule has 1 aliphatic rings. The van der Waals surface area contributed by atoms with Crippen molar-refractivity contribution in [1.29, 1.82) is 0 Å². The van der Waals surface area contributed by atoms with E-state index in [0.717, 1.165) is 22.9 Å². The van der Waals surface area contributed by atoms with Crippen molar-refractivity contribution in [3.05, 3.63) is 28.2 Å². The predicted molar refractivity (Wildman–Crippen MR) is 55.8 cm³/mol. The molecule has 0 unspecified atom stereocenters. The number of aromatic hydroxyl groups is 1. The molecule has 3 heteroatoms. The maximum Gasteiger partial charge on any atom is 0.119 e. The average Bonchev–Trinajstić information content (AvgIpc) is 2.90. The Labute approximate surface area is 85.9 Å². The van der Waals surface area contributed by atoms with E-state index >= 15 is 0 Å². The molecule has 0 radical (unpaired) electrons. The minimum Gasteiger partial charge on any atom is -0.508 e. The van der Waals surface area contributed by atoms with Gasteiger partial charge in [-0.1, -0.05) is 15.9 Å². The van der Waals surface area contributed by atoms with Gasteiger partial charge in [0.25, 0.3) is 0 Å². The van der Waals surface area contributed by atoms with Crippen LogP contribution < -0.4 is 5.73 Å². The zero-order chi connectivity index (χ0) is 9.47. The molecule has 0 spiro atoms. The van der Waals surface area contributed by atoms with Crippen LogP contribution in [0.3, 0.4) is 0 Å². The summed E-state index contributed by atoms with van der Waals surface area (Å²) in [5.41, 5.74) is 6.75. The Hall–Kier alpha value is -0.540. The summed E-state index contributed by atoms with van der Waals surface area (Å²) in [5.74, 6) is 0.367. The highest BCUT2D eigenvalue weighted by atomic mass is 79.9. The maximum absolute atomic E-state index is 9.67. The zero-order valence-electron chi connectivity index (χ0n) is 7.26. The molecule has 0 saturated heterocycles. The molecule has 0 aliphatic heterocycles. The Morgan fingerprint density at radius 3 is 2.69 bits per heavy atom. The number of phenols is 1. The summed E-state index contributed by atoms with van der Waals surface area (Å²) in [6.07, 6.45) is 2.18. The Morgan fingerprint density at radius 1 is 1.46 bits per heavy atom. The van der Waals surface area contributed by atoms with Gasteiger partial charge in [-0.05, 0) is 31.0 Å². The maximum atomic E-state index is 9.67. The van der Waals surface area contributed by atoms with Crippen molar-refractivity contribution >= 4 is 15.9 Å². The van der Waals surface area contributed by atoms with Gasteiger partial charge in [0.05, 0.1) is 0 Å². The number of halogens is 1. The highest BCUT2D eigenvalue weighted by Gasteiger charge is 2.44. The third kappa shape index (κ3) is 1.46. The monoisotopic (exact) mass is 241 g/mol. The standard InChI is InChI=1S/C10H12BrNO/c11-7-1-2-9(13)8(5-7)10(6-12)3-4-10/h1-2,5,13H,3-4,6,12H2. The van der Waals surface area contributed by atoms with Crippen LogP contribution in [0.1, 0.15) is 18.4 Å². The van der Waals surface area contributed by atoms with Crippen LogP contribution >= 0.6 is 15.9 Å². The third-order valence-electron chi connectivity index (χ3n) is 2.77. The Morgan fingerprint density at radius 2 is 2.15 bits per heavy atom. The van der Waals surface area contributed by atoms with Gasteiger partial charge in [0, 0.05) is 22.0 Å². The summed E-state index contributed by atoms with van der Waals surface area (Å²) < 4.78 is 1.00. The number of phenolic OH excluding ortho intramolecular Hbond substituents is 1. The number of rotatable bonds is 2. The molecule has 1 aliphatic carbocycles. The van der Waals surface area contributed by atoms with Gasteiger partial charge >= 0.3 is 0 Å². The first-order chi connectivity index (χ1) is 6.18. The van der Waals surface area contributed by atoms with E-state index < -0.39 is 0 Å². The second kappa shape index (κ2) is 3.00. The van der Waals surface area contributed by atoms with Crippen LogP contribution in [0.4, 0.5) is 0 Å². The van der Waals surface area contributed by atoms with Crippen LogP contribution in [0.25, 0.3) is 0 Å². The van der Waals surface area contributed by atoms with Crippen LogP contribution in [0.5, 0.6) is 5.75 Å². The second-order valence-corrected chi connectivity index (χ2v) is 4.56. The molecule has 2 nitrogen and oxygen atoms in total. The van der Waals surface area contributed by atoms with Crippen LogP contribution in [-0.2, 0) is 5.41 Å². The molecule has 1 fully saturated rings. The molecule has 13 heavy (non-hydrogen) atoms. The Bertz CT molecular complexity index is 334. The molecule has 0 atom stereocenters. The van der Waals surface area contributed by atoms with Gasteiger partial charge in [-0.25, -0.2) is 0 Å². The van der Waals surface area contributed by atoms with Gasteiger partial charge in [0.2, 0.25) is 0 Å². The Kier molecular flexibility index (Phi) is 2.08. The van der Waals surface area contributed by atoms with Crippen LogP contribution in [0.2, 0.25) is 0 Å². The van der Waals surface area contributed by atoms with E-state index in [9.17, 15) is 5.11 Å². The lowest BCUT2D eigenvalue weighted by Gasteiger charge is -2.14. The number of hydrogen-bond acceptors (Lipinski definition) is 2. The van der Waals surface area contributed by atoms with Crippen molar-refractivity contribution in [2.24, 2.45) is 5.73 Å². The van der Waals surface area contributed by atoms with Gasteiger partial charge in [-0.3, -0.25) is 0 Å². The number of benzene rings is 1. The van der Waals surface area contributed by atoms with Crippen molar-refractivity contribution in [2.75, 3.05) is 6.54 Å². The van der Waals surface area contributed by atoms with Crippen molar-refractivity contribution in [2.45, 2.75) is 18.3 Å². The Balaban J connectivity index is 2.44. The molecular weight excluding hydrogens is 230 g/mol. The highest BCUT2D eigenvalue weighted by molar-refractivity contribution is 9.10. The summed E-state index contributed by atoms with van der Waals surface area (Å²) in [4.78, 5) is 0. The molecule has 1 saturated carbocycles. The fourth-order valence-corrected chi connectivity index (χ4v) is 2.03. The fraction of sp³-hybridized carbons (Fsp3) is 0.400. The molecule has 70 valence electrons. The van der Waals surface area contributed by atoms with Crippen LogP contribution in [0.15, 0.2) is 22.7 Å². The van der Waals surface area contributed by atoms with Crippen molar-refractivity contribution in [3.8, 4) is 5.75 Å². The van der Waals surface area contributed by atoms with Crippen molar-refractivity contribution < 1.29 is 5.11 Å². The average molecular weight is 242 g/mol. The molecule has 3 N–H and O–H groups in total. The first kappa shape index (κ1) is 9.03. The zero-order valence-corrected chi connectivity index (χ0v) is 8.84. The molecule has 0 heterocycles. The fourth-order valence-electron chi connectivity index (χ4n) is 1.67. The van der Waals surface area contributed by atoms with Gasteiger partial charge < -0.3 is 10.8 Å². The summed E-state index contributed by atoms with van der Waals surface area (Å²) in [7, 11) is 0. The first-order valence-corrected chi connectivity index (χ1v) is 5.16. The minimum absolute atomic E-state index is 0.0634. The summed E-state index contributed by atoms with van der Waals surface area (Å²) >= 11 is 3.39. The lowest BCUT2D eigenvalue weighted by molar-refractivity contribution is 0.459. The number of hydrogen-bond donors (Lipinski definition) is 2. The van der Waals surface area contributed by atoms with Gasteiger partial charge in [-0.2, -0.15) is 0 Å². The molecule has 2 rings (SSSR count). The first-order valence-electron chi connectivity index (χ1n) is 4.37. The summed E-state index contributed by atoms with van der Waals surface area (Å²) in [6, 6.07) is 5.52. The molecule has 0 amide bonds. The van der Waals surface area contributed by atoms with Crippen LogP contribution in [-0.4, -0.2) is 11.7 Å². The predicted octanol–water partition coefficient (Wildman–Crippen LogP) is 2.15. The van der Waals surface area contributed by atoms with E-state index in [1.807, 2.05) is 12.1 Å². The summed E-state index contributed by atoms with van der Waals surface area (Å²) in [6.45, 7) is 0.622. The van der Waals surface area contributed by atoms with Gasteiger partial charge in [-0.15, -0.1) is 0 Å². The molecule has 1 aromatic rings. The quantitative estimate of drug-likeness (QED) is 0.834. The normalized spacial score (nSPS) is 18.6. The second-order valence-electron chi connectivity index (χ2n) is 3.65. The lowest BCUT2D eigenvalue weighted by Crippen LogP contribution is -2.19. The lowest BCUT2D eigenvalue weighted by atomic mass is 9.95. The van der Waals surface area contributed by atoms with E-state index in [2.05, 4.69) is 15.9 Å². The molecule has 0 bridgehead atoms. The van der Waals surface area contributed by atoms with E-state index in [1.54, 1.807) is 6.07 Å². The summed E-state index contributed by atoms with van der Waals surface area (Å²) in [5, 5.41) is 9.67. The van der Waals surface area contributed by atoms with Crippen LogP contribution in [0, 0.1) is 0 Å². The van der Waals surface area contributed by atoms with E-state index in [0.29, 0.717) is 12.3 Å². The van der Waals surface area contributed by atoms with E-state index in [1.165, 1.54) is 0 Å². The molecular formula is C10H12BrNO. The molecule has 0 aromatic heterocycles. The largest absolute Gasteiger partial charge is 0.508 e. The van der Waals surface area contributed by atoms with E-state index in [-0.39, 0.29) is 5.41 Å². The van der Waals surface area contributed by atoms with Gasteiger partial charge in [0.1, 0.15) is 5.75 Å². The topological polar surface area (TPSA) is 46.2 Å². The SMILES string of the molecule is NCC1(c2cc(Br)ccc2O)CC1. The van der Waals surface area contributed by atoms with Crippen molar-refractivity contribution in [3.63, 3.8) is 0 Å². The van der Waals surface area contributed by atoms with Crippen molar-refractivity contribution in [1.82, 2.24) is 0 Å². The van der Waals surface area contributed by atoms with E-state index in [4.69, 9.17) is 5.73 Å².